The van der Waals surface area contributed by atoms with Crippen LogP contribution >= 0.6 is 11.3 Å². The lowest BCUT2D eigenvalue weighted by molar-refractivity contribution is 0.0953. The molecule has 0 aliphatic rings. The zero-order valence-electron chi connectivity index (χ0n) is 8.94. The number of thiophene rings is 1. The van der Waals surface area contributed by atoms with E-state index in [-0.39, 0.29) is 11.0 Å². The number of furan rings is 1. The minimum absolute atomic E-state index is 0.288. The van der Waals surface area contributed by atoms with Crippen LogP contribution in [0.25, 0.3) is 0 Å². The van der Waals surface area contributed by atoms with Crippen molar-refractivity contribution in [3.63, 3.8) is 0 Å². The number of nitrogens with zero attached hydrogens (tertiary/aromatic N) is 1. The molecule has 0 aliphatic heterocycles. The normalized spacial score (nSPS) is 10.9. The molecule has 0 unspecified atom stereocenters. The maximum absolute atomic E-state index is 12.6. The van der Waals surface area contributed by atoms with Crippen molar-refractivity contribution in [2.75, 3.05) is 0 Å². The molecule has 4 nitrogen and oxygen atoms in total. The fourth-order valence-electron chi connectivity index (χ4n) is 1.23. The number of amides is 1. The molecule has 0 saturated heterocycles. The van der Waals surface area contributed by atoms with Gasteiger partial charge in [-0.25, -0.2) is 5.43 Å². The predicted octanol–water partition coefficient (Wildman–Crippen LogP) is 2.55. The largest absolute Gasteiger partial charge is 0.469 e. The number of aryl methyl sites for hydroxylation is 1. The molecule has 0 bridgehead atoms. The highest BCUT2D eigenvalue weighted by Crippen LogP contribution is 2.11. The summed E-state index contributed by atoms with van der Waals surface area (Å²) >= 11 is 0.954. The lowest BCUT2D eigenvalue weighted by Crippen LogP contribution is -2.17. The molecule has 0 saturated carbocycles. The van der Waals surface area contributed by atoms with E-state index in [1.54, 1.807) is 19.1 Å². The first-order chi connectivity index (χ1) is 8.16. The Morgan fingerprint density at radius 3 is 2.94 bits per heavy atom. The van der Waals surface area contributed by atoms with Gasteiger partial charge in [-0.15, -0.1) is 11.3 Å². The molecule has 1 amide bonds. The van der Waals surface area contributed by atoms with Gasteiger partial charge in [0.1, 0.15) is 5.76 Å². The van der Waals surface area contributed by atoms with Gasteiger partial charge in [0.15, 0.2) is 5.13 Å². The van der Waals surface area contributed by atoms with Crippen molar-refractivity contribution in [1.29, 1.82) is 0 Å². The van der Waals surface area contributed by atoms with Gasteiger partial charge in [0.2, 0.25) is 0 Å². The summed E-state index contributed by atoms with van der Waals surface area (Å²) in [7, 11) is 0. The summed E-state index contributed by atoms with van der Waals surface area (Å²) in [4.78, 5) is 12.2. The van der Waals surface area contributed by atoms with Gasteiger partial charge >= 0.3 is 0 Å². The highest BCUT2D eigenvalue weighted by atomic mass is 32.1. The van der Waals surface area contributed by atoms with Crippen LogP contribution in [0.1, 0.15) is 21.0 Å². The summed E-state index contributed by atoms with van der Waals surface area (Å²) in [6, 6.07) is 4.48. The average Bonchev–Trinajstić information content (AvgIpc) is 2.87. The molecule has 0 radical (unpaired) electrons. The van der Waals surface area contributed by atoms with E-state index < -0.39 is 0 Å². The van der Waals surface area contributed by atoms with E-state index in [4.69, 9.17) is 4.42 Å². The number of nitrogens with one attached hydrogen (secondary N) is 1. The van der Waals surface area contributed by atoms with Gasteiger partial charge in [-0.2, -0.15) is 9.49 Å². The van der Waals surface area contributed by atoms with Crippen molar-refractivity contribution >= 4 is 23.5 Å². The van der Waals surface area contributed by atoms with Crippen LogP contribution in [0.2, 0.25) is 0 Å². The van der Waals surface area contributed by atoms with Crippen molar-refractivity contribution in [3.8, 4) is 0 Å². The van der Waals surface area contributed by atoms with Crippen LogP contribution < -0.4 is 5.43 Å². The van der Waals surface area contributed by atoms with Crippen molar-refractivity contribution in [2.24, 2.45) is 5.10 Å². The molecule has 2 aromatic rings. The van der Waals surface area contributed by atoms with E-state index in [0.717, 1.165) is 11.3 Å². The van der Waals surface area contributed by atoms with Crippen LogP contribution in [0.3, 0.4) is 0 Å². The summed E-state index contributed by atoms with van der Waals surface area (Å²) < 4.78 is 17.6. The molecule has 88 valence electrons. The Labute approximate surface area is 101 Å². The van der Waals surface area contributed by atoms with E-state index in [1.165, 1.54) is 18.5 Å². The quantitative estimate of drug-likeness (QED) is 0.674. The lowest BCUT2D eigenvalue weighted by Gasteiger charge is -1.96. The molecule has 0 atom stereocenters. The molecular formula is C11H9FN2O2S. The number of rotatable bonds is 3. The summed E-state index contributed by atoms with van der Waals surface area (Å²) in [5.41, 5.74) is 2.77. The minimum atomic E-state index is -0.357. The van der Waals surface area contributed by atoms with Crippen LogP contribution in [0.4, 0.5) is 4.39 Å². The number of halogens is 1. The summed E-state index contributed by atoms with van der Waals surface area (Å²) in [6.45, 7) is 1.69. The van der Waals surface area contributed by atoms with Crippen LogP contribution in [0.15, 0.2) is 34.0 Å². The first kappa shape index (κ1) is 11.5. The maximum Gasteiger partial charge on any atom is 0.274 e. The van der Waals surface area contributed by atoms with Crippen LogP contribution in [-0.4, -0.2) is 12.1 Å². The molecule has 2 aromatic heterocycles. The van der Waals surface area contributed by atoms with Crippen LogP contribution in [0, 0.1) is 12.1 Å². The standard InChI is InChI=1S/C11H9FN2O2S/c1-7-9(4-5-16-7)11(15)14-13-6-8-2-3-10(12)17-8/h2-6H,1H3,(H,14,15)/b13-6-. The molecule has 1 N–H and O–H groups in total. The monoisotopic (exact) mass is 252 g/mol. The smallest absolute Gasteiger partial charge is 0.274 e. The second-order valence-electron chi connectivity index (χ2n) is 3.23. The van der Waals surface area contributed by atoms with Gasteiger partial charge in [0.25, 0.3) is 5.91 Å². The molecule has 2 heterocycles. The van der Waals surface area contributed by atoms with Gasteiger partial charge < -0.3 is 4.42 Å². The molecule has 0 spiro atoms. The molecule has 0 aliphatic carbocycles. The Bertz CT molecular complexity index is 559. The van der Waals surface area contributed by atoms with Gasteiger partial charge in [0.05, 0.1) is 22.9 Å². The third-order valence-electron chi connectivity index (χ3n) is 2.06. The van der Waals surface area contributed by atoms with E-state index in [2.05, 4.69) is 10.5 Å². The second kappa shape index (κ2) is 4.92. The average molecular weight is 252 g/mol. The SMILES string of the molecule is Cc1occc1C(=O)N/N=C\c1ccc(F)s1. The Morgan fingerprint density at radius 2 is 2.35 bits per heavy atom. The molecule has 0 aromatic carbocycles. The highest BCUT2D eigenvalue weighted by molar-refractivity contribution is 7.12. The number of hydrazone groups is 1. The highest BCUT2D eigenvalue weighted by Gasteiger charge is 2.09. The Morgan fingerprint density at radius 1 is 1.53 bits per heavy atom. The first-order valence-corrected chi connectivity index (χ1v) is 5.61. The summed E-state index contributed by atoms with van der Waals surface area (Å²) in [5.74, 6) is 0.171. The Balaban J connectivity index is 1.97. The lowest BCUT2D eigenvalue weighted by atomic mass is 10.2. The Kier molecular flexibility index (Phi) is 3.34. The molecule has 0 fully saturated rings. The number of carbonyl (C=O) groups excluding carboxylic acids is 1. The first-order valence-electron chi connectivity index (χ1n) is 4.79. The number of hydrogen-bond donors (Lipinski definition) is 1. The topological polar surface area (TPSA) is 54.6 Å². The Hall–Kier alpha value is -1.95. The van der Waals surface area contributed by atoms with Gasteiger partial charge in [0, 0.05) is 0 Å². The van der Waals surface area contributed by atoms with Gasteiger partial charge in [-0.05, 0) is 25.1 Å². The molecule has 6 heteroatoms. The summed E-state index contributed by atoms with van der Waals surface area (Å²) in [6.07, 6.45) is 2.82. The molecule has 17 heavy (non-hydrogen) atoms. The fourth-order valence-corrected chi connectivity index (χ4v) is 1.84. The second-order valence-corrected chi connectivity index (χ2v) is 4.30. The van der Waals surface area contributed by atoms with Gasteiger partial charge in [-0.1, -0.05) is 0 Å². The summed E-state index contributed by atoms with van der Waals surface area (Å²) in [5, 5.41) is 3.44. The number of carbonyl (C=O) groups is 1. The van der Waals surface area contributed by atoms with Gasteiger partial charge in [-0.3, -0.25) is 4.79 Å². The maximum atomic E-state index is 12.6. The van der Waals surface area contributed by atoms with E-state index in [0.29, 0.717) is 16.2 Å². The zero-order chi connectivity index (χ0) is 12.3. The van der Waals surface area contributed by atoms with Crippen molar-refractivity contribution in [3.05, 3.63) is 45.8 Å². The van der Waals surface area contributed by atoms with E-state index >= 15 is 0 Å². The minimum Gasteiger partial charge on any atom is -0.469 e. The number of hydrogen-bond acceptors (Lipinski definition) is 4. The predicted molar refractivity (Wildman–Crippen MR) is 62.8 cm³/mol. The fraction of sp³-hybridized carbons (Fsp3) is 0.0909. The third kappa shape index (κ3) is 2.79. The van der Waals surface area contributed by atoms with Crippen molar-refractivity contribution in [1.82, 2.24) is 5.43 Å². The zero-order valence-corrected chi connectivity index (χ0v) is 9.75. The van der Waals surface area contributed by atoms with E-state index in [9.17, 15) is 9.18 Å². The third-order valence-corrected chi connectivity index (χ3v) is 2.86. The van der Waals surface area contributed by atoms with Crippen LogP contribution in [0.5, 0.6) is 0 Å². The molecule has 2 rings (SSSR count). The van der Waals surface area contributed by atoms with Crippen molar-refractivity contribution < 1.29 is 13.6 Å². The van der Waals surface area contributed by atoms with Crippen LogP contribution in [-0.2, 0) is 0 Å². The van der Waals surface area contributed by atoms with E-state index in [1.807, 2.05) is 0 Å². The molecular weight excluding hydrogens is 243 g/mol. The van der Waals surface area contributed by atoms with Crippen molar-refractivity contribution in [2.45, 2.75) is 6.92 Å².